The molecule has 0 aliphatic heterocycles. The second-order valence-electron chi connectivity index (χ2n) is 7.07. The van der Waals surface area contributed by atoms with Gasteiger partial charge in [0.15, 0.2) is 5.82 Å². The molecule has 1 amide bonds. The highest BCUT2D eigenvalue weighted by Gasteiger charge is 2.26. The Morgan fingerprint density at radius 3 is 2.61 bits per heavy atom. The number of methoxy groups -OCH3 is 2. The smallest absolute Gasteiger partial charge is 0.265 e. The summed E-state index contributed by atoms with van der Waals surface area (Å²) in [5, 5.41) is 0.764. The molecule has 0 radical (unpaired) electrons. The van der Waals surface area contributed by atoms with E-state index in [0.717, 1.165) is 21.6 Å². The summed E-state index contributed by atoms with van der Waals surface area (Å²) < 4.78 is 16.2. The second kappa shape index (κ2) is 9.17. The van der Waals surface area contributed by atoms with Crippen LogP contribution < -0.4 is 4.74 Å². The number of aryl methyl sites for hydroxylation is 2. The van der Waals surface area contributed by atoms with Crippen LogP contribution in [0, 0.1) is 13.8 Å². The molecule has 0 spiro atoms. The molecule has 4 rings (SSSR count). The highest BCUT2D eigenvalue weighted by atomic mass is 32.1. The van der Waals surface area contributed by atoms with Gasteiger partial charge in [0.05, 0.1) is 36.7 Å². The van der Waals surface area contributed by atoms with E-state index in [1.54, 1.807) is 36.7 Å². The van der Waals surface area contributed by atoms with Crippen molar-refractivity contribution in [3.05, 3.63) is 62.3 Å². The Labute approximate surface area is 188 Å². The van der Waals surface area contributed by atoms with Crippen LogP contribution in [0.1, 0.15) is 36.6 Å². The predicted octanol–water partition coefficient (Wildman–Crippen LogP) is 4.96. The van der Waals surface area contributed by atoms with E-state index in [9.17, 15) is 4.79 Å². The number of amides is 1. The lowest BCUT2D eigenvalue weighted by atomic mass is 10.2. The van der Waals surface area contributed by atoms with E-state index in [1.807, 2.05) is 19.1 Å². The molecular formula is C22H23N3O4S2. The highest BCUT2D eigenvalue weighted by Crippen LogP contribution is 2.36. The number of hydrogen-bond acceptors (Lipinski definition) is 8. The summed E-state index contributed by atoms with van der Waals surface area (Å²) in [5.74, 6) is 1.64. The van der Waals surface area contributed by atoms with Crippen LogP contribution in [0.15, 0.2) is 34.9 Å². The van der Waals surface area contributed by atoms with Crippen molar-refractivity contribution in [3.63, 3.8) is 0 Å². The van der Waals surface area contributed by atoms with E-state index >= 15 is 0 Å². The molecule has 0 aromatic carbocycles. The molecular weight excluding hydrogens is 434 g/mol. The van der Waals surface area contributed by atoms with E-state index in [2.05, 4.69) is 29.0 Å². The van der Waals surface area contributed by atoms with Gasteiger partial charge in [0, 0.05) is 16.9 Å². The molecule has 0 saturated heterocycles. The summed E-state index contributed by atoms with van der Waals surface area (Å²) in [5.41, 5.74) is 0.817. The minimum Gasteiger partial charge on any atom is -0.480 e. The summed E-state index contributed by atoms with van der Waals surface area (Å²) in [4.78, 5) is 28.1. The van der Waals surface area contributed by atoms with Crippen LogP contribution in [-0.2, 0) is 24.4 Å². The first-order valence-corrected chi connectivity index (χ1v) is 11.3. The van der Waals surface area contributed by atoms with Crippen molar-refractivity contribution in [1.82, 2.24) is 14.9 Å². The SMILES string of the molecule is COCc1nc(OC)c2c(C)c(C(=O)N(Cc3ccco3)Cc3ccc(C)s3)sc2n1. The Morgan fingerprint density at radius 2 is 1.97 bits per heavy atom. The van der Waals surface area contributed by atoms with E-state index in [0.29, 0.717) is 34.5 Å². The zero-order valence-electron chi connectivity index (χ0n) is 17.8. The van der Waals surface area contributed by atoms with Crippen LogP contribution in [0.3, 0.4) is 0 Å². The Hall–Kier alpha value is -2.75. The molecule has 4 aromatic heterocycles. The van der Waals surface area contributed by atoms with Crippen LogP contribution in [0.5, 0.6) is 5.88 Å². The predicted molar refractivity (Wildman–Crippen MR) is 121 cm³/mol. The van der Waals surface area contributed by atoms with Gasteiger partial charge in [0.1, 0.15) is 17.2 Å². The van der Waals surface area contributed by atoms with Gasteiger partial charge in [-0.05, 0) is 43.7 Å². The van der Waals surface area contributed by atoms with Gasteiger partial charge in [-0.2, -0.15) is 4.98 Å². The molecule has 0 saturated carbocycles. The molecule has 9 heteroatoms. The van der Waals surface area contributed by atoms with Gasteiger partial charge < -0.3 is 18.8 Å². The summed E-state index contributed by atoms with van der Waals surface area (Å²) in [6.07, 6.45) is 1.62. The number of carbonyl (C=O) groups excluding carboxylic acids is 1. The van der Waals surface area contributed by atoms with Crippen molar-refractivity contribution in [2.24, 2.45) is 0 Å². The number of nitrogens with zero attached hydrogens (tertiary/aromatic N) is 3. The lowest BCUT2D eigenvalue weighted by molar-refractivity contribution is 0.0724. The fraction of sp³-hybridized carbons (Fsp3) is 0.318. The number of thiophene rings is 2. The number of furan rings is 1. The van der Waals surface area contributed by atoms with Crippen LogP contribution in [0.25, 0.3) is 10.2 Å². The number of ether oxygens (including phenoxy) is 2. The topological polar surface area (TPSA) is 77.7 Å². The third-order valence-corrected chi connectivity index (χ3v) is 6.98. The quantitative estimate of drug-likeness (QED) is 0.372. The molecule has 31 heavy (non-hydrogen) atoms. The largest absolute Gasteiger partial charge is 0.480 e. The van der Waals surface area contributed by atoms with E-state index < -0.39 is 0 Å². The number of rotatable bonds is 8. The monoisotopic (exact) mass is 457 g/mol. The Morgan fingerprint density at radius 1 is 1.13 bits per heavy atom. The van der Waals surface area contributed by atoms with Crippen LogP contribution in [-0.4, -0.2) is 35.0 Å². The van der Waals surface area contributed by atoms with Gasteiger partial charge in [-0.1, -0.05) is 0 Å². The molecule has 0 fully saturated rings. The lowest BCUT2D eigenvalue weighted by Crippen LogP contribution is -2.29. The van der Waals surface area contributed by atoms with E-state index in [4.69, 9.17) is 13.9 Å². The van der Waals surface area contributed by atoms with Crippen LogP contribution >= 0.6 is 22.7 Å². The van der Waals surface area contributed by atoms with Crippen LogP contribution in [0.2, 0.25) is 0 Å². The van der Waals surface area contributed by atoms with Crippen molar-refractivity contribution in [2.75, 3.05) is 14.2 Å². The van der Waals surface area contributed by atoms with E-state index in [1.165, 1.54) is 16.2 Å². The standard InChI is InChI=1S/C22H23N3O4S2/c1-13-7-8-16(30-13)11-25(10-15-6-5-9-29-15)22(26)19-14(2)18-20(28-4)23-17(12-27-3)24-21(18)31-19/h5-9H,10-12H2,1-4H3. The molecule has 162 valence electrons. The van der Waals surface area contributed by atoms with Crippen molar-refractivity contribution >= 4 is 38.8 Å². The molecule has 0 aliphatic carbocycles. The fourth-order valence-electron chi connectivity index (χ4n) is 3.38. The molecule has 0 unspecified atom stereocenters. The maximum absolute atomic E-state index is 13.7. The summed E-state index contributed by atoms with van der Waals surface area (Å²) in [6.45, 7) is 5.13. The van der Waals surface area contributed by atoms with Gasteiger partial charge in [-0.15, -0.1) is 22.7 Å². The number of fused-ring (bicyclic) bond motifs is 1. The number of hydrogen-bond donors (Lipinski definition) is 0. The third kappa shape index (κ3) is 4.48. The molecule has 0 bridgehead atoms. The first kappa shape index (κ1) is 21.5. The molecule has 0 aliphatic rings. The first-order valence-electron chi connectivity index (χ1n) is 9.70. The zero-order chi connectivity index (χ0) is 22.0. The van der Waals surface area contributed by atoms with Gasteiger partial charge >= 0.3 is 0 Å². The van der Waals surface area contributed by atoms with Gasteiger partial charge in [-0.3, -0.25) is 4.79 Å². The summed E-state index contributed by atoms with van der Waals surface area (Å²) >= 11 is 3.04. The Kier molecular flexibility index (Phi) is 6.35. The Bertz CT molecular complexity index is 1200. The minimum absolute atomic E-state index is 0.0710. The fourth-order valence-corrected chi connectivity index (χ4v) is 5.45. The van der Waals surface area contributed by atoms with Crippen molar-refractivity contribution < 1.29 is 18.7 Å². The second-order valence-corrected chi connectivity index (χ2v) is 9.44. The summed E-state index contributed by atoms with van der Waals surface area (Å²) in [6, 6.07) is 7.84. The number of carbonyl (C=O) groups is 1. The highest BCUT2D eigenvalue weighted by molar-refractivity contribution is 7.20. The lowest BCUT2D eigenvalue weighted by Gasteiger charge is -2.21. The number of aromatic nitrogens is 2. The van der Waals surface area contributed by atoms with Gasteiger partial charge in [0.2, 0.25) is 5.88 Å². The van der Waals surface area contributed by atoms with Gasteiger partial charge in [-0.25, -0.2) is 4.98 Å². The normalized spacial score (nSPS) is 11.2. The van der Waals surface area contributed by atoms with E-state index in [-0.39, 0.29) is 12.5 Å². The molecule has 7 nitrogen and oxygen atoms in total. The van der Waals surface area contributed by atoms with Crippen LogP contribution in [0.4, 0.5) is 0 Å². The summed E-state index contributed by atoms with van der Waals surface area (Å²) in [7, 11) is 3.16. The van der Waals surface area contributed by atoms with Gasteiger partial charge in [0.25, 0.3) is 5.91 Å². The molecule has 4 heterocycles. The maximum Gasteiger partial charge on any atom is 0.265 e. The third-order valence-electron chi connectivity index (χ3n) is 4.82. The van der Waals surface area contributed by atoms with Crippen molar-refractivity contribution in [2.45, 2.75) is 33.5 Å². The van der Waals surface area contributed by atoms with Crippen molar-refractivity contribution in [1.29, 1.82) is 0 Å². The average Bonchev–Trinajstić information content (AvgIpc) is 3.48. The maximum atomic E-state index is 13.7. The first-order chi connectivity index (χ1) is 15.0. The minimum atomic E-state index is -0.0710. The molecule has 0 atom stereocenters. The zero-order valence-corrected chi connectivity index (χ0v) is 19.4. The van der Waals surface area contributed by atoms with Crippen molar-refractivity contribution in [3.8, 4) is 5.88 Å². The molecule has 4 aromatic rings. The molecule has 0 N–H and O–H groups in total. The average molecular weight is 458 g/mol. The Balaban J connectivity index is 1.73.